The van der Waals surface area contributed by atoms with Crippen molar-refractivity contribution in [3.05, 3.63) is 28.2 Å². The Labute approximate surface area is 117 Å². The second-order valence-corrected chi connectivity index (χ2v) is 6.37. The molecule has 1 aromatic heterocycles. The van der Waals surface area contributed by atoms with Crippen LogP contribution < -0.4 is 0 Å². The maximum absolute atomic E-state index is 6.01. The Morgan fingerprint density at radius 2 is 2.17 bits per heavy atom. The molecule has 2 nitrogen and oxygen atoms in total. The normalized spacial score (nSPS) is 18.6. The molecular formula is C14H17ClN2S. The predicted octanol–water partition coefficient (Wildman–Crippen LogP) is 4.15. The molecule has 18 heavy (non-hydrogen) atoms. The number of thiazole rings is 1. The van der Waals surface area contributed by atoms with Crippen molar-refractivity contribution in [1.29, 1.82) is 0 Å². The summed E-state index contributed by atoms with van der Waals surface area (Å²) in [7, 11) is 0. The number of likely N-dealkylation sites (tertiary alicyclic amines) is 1. The van der Waals surface area contributed by atoms with Crippen LogP contribution in [0.4, 0.5) is 0 Å². The van der Waals surface area contributed by atoms with Crippen LogP contribution in [0.25, 0.3) is 10.2 Å². The summed E-state index contributed by atoms with van der Waals surface area (Å²) < 4.78 is 1.26. The molecule has 0 spiro atoms. The van der Waals surface area contributed by atoms with E-state index in [0.717, 1.165) is 10.5 Å². The van der Waals surface area contributed by atoms with E-state index in [1.54, 1.807) is 0 Å². The largest absolute Gasteiger partial charge is 0.304 e. The van der Waals surface area contributed by atoms with Gasteiger partial charge < -0.3 is 4.90 Å². The van der Waals surface area contributed by atoms with E-state index in [2.05, 4.69) is 17.9 Å². The summed E-state index contributed by atoms with van der Waals surface area (Å²) in [5, 5.41) is 2.07. The summed E-state index contributed by atoms with van der Waals surface area (Å²) in [6, 6.07) is 6.00. The fourth-order valence-electron chi connectivity index (χ4n) is 2.59. The van der Waals surface area contributed by atoms with E-state index in [1.165, 1.54) is 42.2 Å². The van der Waals surface area contributed by atoms with Crippen LogP contribution in [0.5, 0.6) is 0 Å². The molecule has 0 amide bonds. The van der Waals surface area contributed by atoms with Crippen LogP contribution in [-0.2, 0) is 0 Å². The second kappa shape index (κ2) is 5.16. The van der Waals surface area contributed by atoms with Gasteiger partial charge in [0.1, 0.15) is 0 Å². The molecule has 0 aliphatic carbocycles. The van der Waals surface area contributed by atoms with E-state index in [1.807, 2.05) is 23.5 Å². The van der Waals surface area contributed by atoms with E-state index in [9.17, 15) is 0 Å². The number of halogens is 1. The number of piperidine rings is 1. The number of fused-ring (bicyclic) bond motifs is 1. The van der Waals surface area contributed by atoms with Crippen molar-refractivity contribution in [2.24, 2.45) is 0 Å². The minimum atomic E-state index is 0.643. The lowest BCUT2D eigenvalue weighted by Gasteiger charge is -2.29. The van der Waals surface area contributed by atoms with Gasteiger partial charge >= 0.3 is 0 Å². The highest BCUT2D eigenvalue weighted by Gasteiger charge is 2.22. The van der Waals surface area contributed by atoms with Crippen molar-refractivity contribution in [2.75, 3.05) is 19.6 Å². The topological polar surface area (TPSA) is 16.1 Å². The van der Waals surface area contributed by atoms with Gasteiger partial charge in [0.25, 0.3) is 0 Å². The number of aromatic nitrogens is 1. The predicted molar refractivity (Wildman–Crippen MR) is 78.7 cm³/mol. The van der Waals surface area contributed by atoms with E-state index in [4.69, 9.17) is 16.6 Å². The van der Waals surface area contributed by atoms with Crippen molar-refractivity contribution in [3.63, 3.8) is 0 Å². The van der Waals surface area contributed by atoms with Crippen LogP contribution in [-0.4, -0.2) is 29.5 Å². The fourth-order valence-corrected chi connectivity index (χ4v) is 3.87. The second-order valence-electron chi connectivity index (χ2n) is 4.87. The van der Waals surface area contributed by atoms with Crippen LogP contribution in [0.15, 0.2) is 18.2 Å². The molecule has 0 bridgehead atoms. The average Bonchev–Trinajstić information content (AvgIpc) is 2.81. The highest BCUT2D eigenvalue weighted by atomic mass is 35.5. The third-order valence-corrected chi connectivity index (χ3v) is 5.18. The molecule has 96 valence electrons. The van der Waals surface area contributed by atoms with E-state index < -0.39 is 0 Å². The van der Waals surface area contributed by atoms with Crippen molar-refractivity contribution < 1.29 is 0 Å². The maximum Gasteiger partial charge on any atom is 0.0970 e. The van der Waals surface area contributed by atoms with Crippen molar-refractivity contribution in [3.8, 4) is 0 Å². The van der Waals surface area contributed by atoms with Gasteiger partial charge in [-0.15, -0.1) is 11.3 Å². The summed E-state index contributed by atoms with van der Waals surface area (Å²) >= 11 is 7.84. The minimum Gasteiger partial charge on any atom is -0.304 e. The Hall–Kier alpha value is -0.640. The first-order valence-corrected chi connectivity index (χ1v) is 7.74. The summed E-state index contributed by atoms with van der Waals surface area (Å²) in [5.74, 6) is 0.643. The van der Waals surface area contributed by atoms with E-state index in [-0.39, 0.29) is 0 Å². The molecule has 4 heteroatoms. The van der Waals surface area contributed by atoms with Gasteiger partial charge in [-0.05, 0) is 50.7 Å². The average molecular weight is 281 g/mol. The van der Waals surface area contributed by atoms with Crippen LogP contribution >= 0.6 is 22.9 Å². The monoisotopic (exact) mass is 280 g/mol. The molecule has 1 saturated heterocycles. The highest BCUT2D eigenvalue weighted by Crippen LogP contribution is 2.34. The molecule has 1 aliphatic heterocycles. The van der Waals surface area contributed by atoms with E-state index >= 15 is 0 Å². The number of nitrogens with zero attached hydrogens (tertiary/aromatic N) is 2. The lowest BCUT2D eigenvalue weighted by atomic mass is 9.98. The Kier molecular flexibility index (Phi) is 3.55. The first-order chi connectivity index (χ1) is 8.76. The molecule has 1 aliphatic rings. The first-order valence-electron chi connectivity index (χ1n) is 6.54. The molecule has 1 fully saturated rings. The Morgan fingerprint density at radius 1 is 1.39 bits per heavy atom. The summed E-state index contributed by atoms with van der Waals surface area (Å²) in [5.41, 5.74) is 1.06. The summed E-state index contributed by atoms with van der Waals surface area (Å²) in [6.07, 6.45) is 2.47. The SMILES string of the molecule is CCN1CCC(c2nc3cc(Cl)ccc3s2)CC1. The minimum absolute atomic E-state index is 0.643. The smallest absolute Gasteiger partial charge is 0.0970 e. The molecule has 2 heterocycles. The van der Waals surface area contributed by atoms with Gasteiger partial charge in [0.2, 0.25) is 0 Å². The molecule has 0 atom stereocenters. The van der Waals surface area contributed by atoms with Crippen LogP contribution in [0, 0.1) is 0 Å². The van der Waals surface area contributed by atoms with Gasteiger partial charge in [-0.2, -0.15) is 0 Å². The summed E-state index contributed by atoms with van der Waals surface area (Å²) in [4.78, 5) is 7.28. The molecule has 2 aromatic rings. The Bertz CT molecular complexity index is 544. The van der Waals surface area contributed by atoms with Gasteiger partial charge in [-0.3, -0.25) is 0 Å². The molecule has 3 rings (SSSR count). The molecule has 0 saturated carbocycles. The number of rotatable bonds is 2. The van der Waals surface area contributed by atoms with Crippen molar-refractivity contribution in [1.82, 2.24) is 9.88 Å². The highest BCUT2D eigenvalue weighted by molar-refractivity contribution is 7.18. The lowest BCUT2D eigenvalue weighted by molar-refractivity contribution is 0.222. The molecule has 0 radical (unpaired) electrons. The third-order valence-electron chi connectivity index (χ3n) is 3.75. The van der Waals surface area contributed by atoms with Crippen LogP contribution in [0.3, 0.4) is 0 Å². The zero-order chi connectivity index (χ0) is 12.5. The molecule has 0 N–H and O–H groups in total. The quantitative estimate of drug-likeness (QED) is 0.822. The number of hydrogen-bond acceptors (Lipinski definition) is 3. The van der Waals surface area contributed by atoms with Crippen LogP contribution in [0.2, 0.25) is 5.02 Å². The van der Waals surface area contributed by atoms with Crippen molar-refractivity contribution in [2.45, 2.75) is 25.7 Å². The fraction of sp³-hybridized carbons (Fsp3) is 0.500. The zero-order valence-corrected chi connectivity index (χ0v) is 12.1. The lowest BCUT2D eigenvalue weighted by Crippen LogP contribution is -2.32. The molecule has 1 aromatic carbocycles. The van der Waals surface area contributed by atoms with Gasteiger partial charge in [0.05, 0.1) is 15.2 Å². The van der Waals surface area contributed by atoms with Gasteiger partial charge in [-0.25, -0.2) is 4.98 Å². The number of hydrogen-bond donors (Lipinski definition) is 0. The third kappa shape index (κ3) is 2.40. The Balaban J connectivity index is 1.82. The summed E-state index contributed by atoms with van der Waals surface area (Å²) in [6.45, 7) is 5.82. The van der Waals surface area contributed by atoms with Gasteiger partial charge in [-0.1, -0.05) is 18.5 Å². The standard InChI is InChI=1S/C14H17ClN2S/c1-2-17-7-5-10(6-8-17)14-16-12-9-11(15)3-4-13(12)18-14/h3-4,9-10H,2,5-8H2,1H3. The van der Waals surface area contributed by atoms with Crippen LogP contribution in [0.1, 0.15) is 30.7 Å². The first kappa shape index (κ1) is 12.4. The maximum atomic E-state index is 6.01. The Morgan fingerprint density at radius 3 is 2.89 bits per heavy atom. The zero-order valence-electron chi connectivity index (χ0n) is 10.5. The number of benzene rings is 1. The molecule has 0 unspecified atom stereocenters. The van der Waals surface area contributed by atoms with Gasteiger partial charge in [0.15, 0.2) is 0 Å². The van der Waals surface area contributed by atoms with Crippen molar-refractivity contribution >= 4 is 33.2 Å². The van der Waals surface area contributed by atoms with E-state index in [0.29, 0.717) is 5.92 Å². The van der Waals surface area contributed by atoms with Gasteiger partial charge in [0, 0.05) is 10.9 Å². The molecular weight excluding hydrogens is 264 g/mol.